The molecule has 4 aromatic rings. The molecule has 34 heavy (non-hydrogen) atoms. The third-order valence-electron chi connectivity index (χ3n) is 5.64. The van der Waals surface area contributed by atoms with Crippen molar-refractivity contribution in [3.63, 3.8) is 0 Å². The van der Waals surface area contributed by atoms with Gasteiger partial charge in [-0.1, -0.05) is 52.3 Å². The molecular weight excluding hydrogens is 494 g/mol. The summed E-state index contributed by atoms with van der Waals surface area (Å²) in [6.07, 6.45) is 0.441. The molecule has 1 aromatic heterocycles. The molecular formula is C27H26BrN3O3. The van der Waals surface area contributed by atoms with Gasteiger partial charge in [0.25, 0.3) is 0 Å². The van der Waals surface area contributed by atoms with E-state index in [9.17, 15) is 9.90 Å². The first-order chi connectivity index (χ1) is 16.1. The van der Waals surface area contributed by atoms with Crippen LogP contribution in [0.4, 0.5) is 5.69 Å². The van der Waals surface area contributed by atoms with Crippen LogP contribution < -0.4 is 5.73 Å². The zero-order valence-electron chi connectivity index (χ0n) is 19.0. The Hall–Kier alpha value is -3.42. The van der Waals surface area contributed by atoms with Crippen LogP contribution in [0.1, 0.15) is 42.5 Å². The summed E-state index contributed by atoms with van der Waals surface area (Å²) in [5.74, 6) is -0.835. The highest BCUT2D eigenvalue weighted by Crippen LogP contribution is 2.33. The first-order valence-corrected chi connectivity index (χ1v) is 11.7. The zero-order valence-corrected chi connectivity index (χ0v) is 20.6. The molecule has 0 atom stereocenters. The van der Waals surface area contributed by atoms with Crippen LogP contribution in [-0.2, 0) is 16.8 Å². The number of carboxylic acids is 1. The number of aromatic hydroxyl groups is 1. The Kier molecular flexibility index (Phi) is 6.59. The number of halogens is 1. The lowest BCUT2D eigenvalue weighted by Crippen LogP contribution is -2.28. The SMILES string of the molecule is CC(C)(N)c1cccc(N=C(c2cccc(CCC(=O)O)c2)c2c(O)[nH]c3cc(Br)ccc23)c1. The number of H-pyrrole nitrogens is 1. The average molecular weight is 520 g/mol. The number of hydrogen-bond acceptors (Lipinski definition) is 4. The highest BCUT2D eigenvalue weighted by Gasteiger charge is 2.20. The van der Waals surface area contributed by atoms with Crippen molar-refractivity contribution in [2.24, 2.45) is 10.7 Å². The van der Waals surface area contributed by atoms with Crippen LogP contribution in [0.5, 0.6) is 5.88 Å². The number of nitrogens with one attached hydrogen (secondary N) is 1. The highest BCUT2D eigenvalue weighted by atomic mass is 79.9. The lowest BCUT2D eigenvalue weighted by atomic mass is 9.95. The van der Waals surface area contributed by atoms with E-state index in [1.807, 2.05) is 80.6 Å². The zero-order chi connectivity index (χ0) is 24.5. The molecule has 0 spiro atoms. The molecule has 0 amide bonds. The van der Waals surface area contributed by atoms with Crippen molar-refractivity contribution in [1.29, 1.82) is 0 Å². The first kappa shape index (κ1) is 23.7. The molecule has 1 heterocycles. The van der Waals surface area contributed by atoms with E-state index in [0.29, 0.717) is 23.4 Å². The van der Waals surface area contributed by atoms with Gasteiger partial charge in [0.1, 0.15) is 0 Å². The Morgan fingerprint density at radius 1 is 1.09 bits per heavy atom. The fraction of sp³-hybridized carbons (Fsp3) is 0.185. The molecule has 0 bridgehead atoms. The molecule has 0 aliphatic rings. The maximum Gasteiger partial charge on any atom is 0.303 e. The predicted molar refractivity (Wildman–Crippen MR) is 139 cm³/mol. The van der Waals surface area contributed by atoms with Gasteiger partial charge in [-0.2, -0.15) is 0 Å². The van der Waals surface area contributed by atoms with Gasteiger partial charge in [0.15, 0.2) is 5.88 Å². The van der Waals surface area contributed by atoms with Crippen LogP contribution in [0.3, 0.4) is 0 Å². The van der Waals surface area contributed by atoms with Gasteiger partial charge in [-0.3, -0.25) is 4.79 Å². The van der Waals surface area contributed by atoms with Gasteiger partial charge in [0.05, 0.1) is 22.5 Å². The minimum Gasteiger partial charge on any atom is -0.494 e. The summed E-state index contributed by atoms with van der Waals surface area (Å²) >= 11 is 3.48. The number of aromatic amines is 1. The van der Waals surface area contributed by atoms with E-state index < -0.39 is 11.5 Å². The van der Waals surface area contributed by atoms with E-state index in [-0.39, 0.29) is 12.3 Å². The van der Waals surface area contributed by atoms with E-state index in [2.05, 4.69) is 20.9 Å². The van der Waals surface area contributed by atoms with E-state index in [1.165, 1.54) is 0 Å². The van der Waals surface area contributed by atoms with Gasteiger partial charge in [-0.15, -0.1) is 0 Å². The minimum absolute atomic E-state index is 0.0121. The monoisotopic (exact) mass is 519 g/mol. The Bertz CT molecular complexity index is 1400. The molecule has 0 aliphatic carbocycles. The van der Waals surface area contributed by atoms with Crippen LogP contribution in [0.25, 0.3) is 10.9 Å². The number of nitrogens with zero attached hydrogens (tertiary/aromatic N) is 1. The van der Waals surface area contributed by atoms with E-state index in [1.54, 1.807) is 0 Å². The lowest BCUT2D eigenvalue weighted by molar-refractivity contribution is -0.136. The van der Waals surface area contributed by atoms with Crippen molar-refractivity contribution in [3.05, 3.63) is 93.5 Å². The van der Waals surface area contributed by atoms with Gasteiger partial charge in [0, 0.05) is 27.4 Å². The number of benzene rings is 3. The smallest absolute Gasteiger partial charge is 0.303 e. The van der Waals surface area contributed by atoms with Gasteiger partial charge >= 0.3 is 5.97 Å². The summed E-state index contributed by atoms with van der Waals surface area (Å²) in [6.45, 7) is 3.87. The molecule has 0 saturated carbocycles. The van der Waals surface area contributed by atoms with Crippen LogP contribution in [0, 0.1) is 0 Å². The number of nitrogens with two attached hydrogens (primary N) is 1. The van der Waals surface area contributed by atoms with Crippen molar-refractivity contribution in [2.75, 3.05) is 0 Å². The third-order valence-corrected chi connectivity index (χ3v) is 6.13. The van der Waals surface area contributed by atoms with E-state index >= 15 is 0 Å². The quantitative estimate of drug-likeness (QED) is 0.224. The second-order valence-electron chi connectivity index (χ2n) is 8.87. The maximum atomic E-state index is 11.1. The molecule has 174 valence electrons. The summed E-state index contributed by atoms with van der Waals surface area (Å²) in [7, 11) is 0. The first-order valence-electron chi connectivity index (χ1n) is 10.9. The summed E-state index contributed by atoms with van der Waals surface area (Å²) < 4.78 is 0.889. The molecule has 0 radical (unpaired) electrons. The van der Waals surface area contributed by atoms with E-state index in [4.69, 9.17) is 15.8 Å². The van der Waals surface area contributed by atoms with Crippen LogP contribution in [-0.4, -0.2) is 26.9 Å². The molecule has 7 heteroatoms. The number of aryl methyl sites for hydroxylation is 1. The molecule has 5 N–H and O–H groups in total. The van der Waals surface area contributed by atoms with Gasteiger partial charge < -0.3 is 20.9 Å². The number of fused-ring (bicyclic) bond motifs is 1. The summed E-state index contributed by atoms with van der Waals surface area (Å²) in [4.78, 5) is 19.1. The van der Waals surface area contributed by atoms with Crippen molar-refractivity contribution in [3.8, 4) is 5.88 Å². The fourth-order valence-electron chi connectivity index (χ4n) is 3.89. The predicted octanol–water partition coefficient (Wildman–Crippen LogP) is 6.02. The number of carbonyl (C=O) groups is 1. The largest absolute Gasteiger partial charge is 0.494 e. The van der Waals surface area contributed by atoms with Crippen LogP contribution in [0.2, 0.25) is 0 Å². The number of rotatable bonds is 7. The van der Waals surface area contributed by atoms with Crippen LogP contribution >= 0.6 is 15.9 Å². The molecule has 0 unspecified atom stereocenters. The lowest BCUT2D eigenvalue weighted by Gasteiger charge is -2.19. The van der Waals surface area contributed by atoms with Crippen molar-refractivity contribution in [2.45, 2.75) is 32.2 Å². The number of aromatic nitrogens is 1. The van der Waals surface area contributed by atoms with Crippen molar-refractivity contribution >= 4 is 44.2 Å². The fourth-order valence-corrected chi connectivity index (χ4v) is 4.25. The molecule has 4 rings (SSSR count). The minimum atomic E-state index is -0.847. The summed E-state index contributed by atoms with van der Waals surface area (Å²) in [5, 5.41) is 20.8. The summed E-state index contributed by atoms with van der Waals surface area (Å²) in [6, 6.07) is 21.1. The van der Waals surface area contributed by atoms with Crippen molar-refractivity contribution < 1.29 is 15.0 Å². The molecule has 0 saturated heterocycles. The second-order valence-corrected chi connectivity index (χ2v) is 9.78. The highest BCUT2D eigenvalue weighted by molar-refractivity contribution is 9.10. The maximum absolute atomic E-state index is 11.1. The van der Waals surface area contributed by atoms with Crippen LogP contribution in [0.15, 0.2) is 76.2 Å². The van der Waals surface area contributed by atoms with Gasteiger partial charge in [-0.05, 0) is 61.7 Å². The normalized spacial score (nSPS) is 12.3. The number of hydrogen-bond donors (Lipinski definition) is 4. The Balaban J connectivity index is 1.92. The Morgan fingerprint density at radius 3 is 2.59 bits per heavy atom. The average Bonchev–Trinajstić information content (AvgIpc) is 3.10. The Labute approximate surface area is 206 Å². The molecule has 3 aromatic carbocycles. The Morgan fingerprint density at radius 2 is 1.85 bits per heavy atom. The molecule has 6 nitrogen and oxygen atoms in total. The number of aliphatic carboxylic acids is 1. The molecule has 0 aliphatic heterocycles. The van der Waals surface area contributed by atoms with Gasteiger partial charge in [0.2, 0.25) is 0 Å². The summed E-state index contributed by atoms with van der Waals surface area (Å²) in [5.41, 5.74) is 11.0. The third kappa shape index (κ3) is 5.21. The molecule has 0 fully saturated rings. The number of carboxylic acid groups (broad SMARTS) is 1. The van der Waals surface area contributed by atoms with Gasteiger partial charge in [-0.25, -0.2) is 4.99 Å². The van der Waals surface area contributed by atoms with E-state index in [0.717, 1.165) is 32.1 Å². The standard InChI is InChI=1S/C27H26BrN3O3/c1-27(2,29)18-7-4-8-20(14-18)30-25(17-6-3-5-16(13-17)9-12-23(32)33)24-21-11-10-19(28)15-22(21)31-26(24)34/h3-8,10-11,13-15,31,34H,9,12,29H2,1-2H3,(H,32,33). The topological polar surface area (TPSA) is 112 Å². The van der Waals surface area contributed by atoms with Crippen molar-refractivity contribution in [1.82, 2.24) is 4.98 Å². The second kappa shape index (κ2) is 9.44. The number of aliphatic imine (C=N–C) groups is 1.